The molecule has 4 rings (SSSR count). The second-order valence-electron chi connectivity index (χ2n) is 7.38. The minimum absolute atomic E-state index is 0.00421. The Hall–Kier alpha value is -3.15. The Morgan fingerprint density at radius 1 is 0.966 bits per heavy atom. The molecule has 5 nitrogen and oxygen atoms in total. The summed E-state index contributed by atoms with van der Waals surface area (Å²) in [6.07, 6.45) is 1.03. The summed E-state index contributed by atoms with van der Waals surface area (Å²) >= 11 is 0. The molecule has 2 atom stereocenters. The van der Waals surface area contributed by atoms with Gasteiger partial charge in [-0.15, -0.1) is 0 Å². The van der Waals surface area contributed by atoms with E-state index in [2.05, 4.69) is 5.32 Å². The highest BCUT2D eigenvalue weighted by molar-refractivity contribution is 6.02. The SMILES string of the molecule is COc1ccc(OC)c([C@@H]2CC(=O)NC3=C2C(=O)C[C@@H](c2ccc(F)cc2)C3)c1. The number of halogens is 1. The lowest BCUT2D eigenvalue weighted by Gasteiger charge is -2.35. The molecule has 0 aromatic heterocycles. The molecule has 1 heterocycles. The van der Waals surface area contributed by atoms with E-state index in [0.29, 0.717) is 35.6 Å². The number of carbonyl (C=O) groups is 2. The van der Waals surface area contributed by atoms with Crippen LogP contribution in [0.25, 0.3) is 0 Å². The van der Waals surface area contributed by atoms with E-state index in [1.54, 1.807) is 38.5 Å². The summed E-state index contributed by atoms with van der Waals surface area (Å²) in [5, 5.41) is 2.90. The first-order valence-electron chi connectivity index (χ1n) is 9.53. The number of ether oxygens (including phenoxy) is 2. The van der Waals surface area contributed by atoms with E-state index in [0.717, 1.165) is 11.1 Å². The van der Waals surface area contributed by atoms with Gasteiger partial charge in [0.1, 0.15) is 17.3 Å². The lowest BCUT2D eigenvalue weighted by atomic mass is 9.73. The van der Waals surface area contributed by atoms with Gasteiger partial charge in [-0.1, -0.05) is 12.1 Å². The number of rotatable bonds is 4. The zero-order valence-corrected chi connectivity index (χ0v) is 16.3. The fraction of sp³-hybridized carbons (Fsp3) is 0.304. The molecular weight excluding hydrogens is 373 g/mol. The van der Waals surface area contributed by atoms with Crippen molar-refractivity contribution in [2.75, 3.05) is 14.2 Å². The molecule has 2 aromatic carbocycles. The average Bonchev–Trinajstić information content (AvgIpc) is 2.72. The average molecular weight is 395 g/mol. The van der Waals surface area contributed by atoms with Crippen LogP contribution in [0.2, 0.25) is 0 Å². The topological polar surface area (TPSA) is 64.6 Å². The number of benzene rings is 2. The molecule has 1 amide bonds. The molecule has 1 aliphatic carbocycles. The molecule has 0 spiro atoms. The maximum atomic E-state index is 13.3. The Balaban J connectivity index is 1.75. The quantitative estimate of drug-likeness (QED) is 0.854. The number of ketones is 1. The van der Waals surface area contributed by atoms with Crippen molar-refractivity contribution >= 4 is 11.7 Å². The first-order chi connectivity index (χ1) is 14.0. The Morgan fingerprint density at radius 3 is 2.41 bits per heavy atom. The second kappa shape index (κ2) is 7.70. The van der Waals surface area contributed by atoms with Gasteiger partial charge in [-0.2, -0.15) is 0 Å². The number of hydrogen-bond donors (Lipinski definition) is 1. The van der Waals surface area contributed by atoms with Crippen molar-refractivity contribution < 1.29 is 23.5 Å². The summed E-state index contributed by atoms with van der Waals surface area (Å²) in [6.45, 7) is 0. The van der Waals surface area contributed by atoms with Crippen LogP contribution in [0.5, 0.6) is 11.5 Å². The third-order valence-electron chi connectivity index (χ3n) is 5.69. The Labute approximate surface area is 168 Å². The molecule has 150 valence electrons. The van der Waals surface area contributed by atoms with E-state index in [1.807, 2.05) is 6.07 Å². The van der Waals surface area contributed by atoms with Crippen molar-refractivity contribution in [3.63, 3.8) is 0 Å². The summed E-state index contributed by atoms with van der Waals surface area (Å²) in [7, 11) is 3.14. The van der Waals surface area contributed by atoms with Crippen molar-refractivity contribution in [3.8, 4) is 11.5 Å². The molecule has 1 N–H and O–H groups in total. The molecule has 2 aliphatic rings. The van der Waals surface area contributed by atoms with Gasteiger partial charge < -0.3 is 14.8 Å². The Bertz CT molecular complexity index is 996. The number of allylic oxidation sites excluding steroid dienone is 2. The van der Waals surface area contributed by atoms with Crippen LogP contribution in [0, 0.1) is 5.82 Å². The van der Waals surface area contributed by atoms with E-state index < -0.39 is 0 Å². The second-order valence-corrected chi connectivity index (χ2v) is 7.38. The molecular formula is C23H22FNO4. The molecule has 0 saturated heterocycles. The van der Waals surface area contributed by atoms with Gasteiger partial charge in [0.15, 0.2) is 5.78 Å². The molecule has 6 heteroatoms. The number of carbonyl (C=O) groups excluding carboxylic acids is 2. The largest absolute Gasteiger partial charge is 0.497 e. The number of hydrogen-bond acceptors (Lipinski definition) is 4. The lowest BCUT2D eigenvalue weighted by Crippen LogP contribution is -2.38. The van der Waals surface area contributed by atoms with Crippen LogP contribution in [0.1, 0.15) is 42.2 Å². The fourth-order valence-corrected chi connectivity index (χ4v) is 4.31. The Kier molecular flexibility index (Phi) is 5.09. The van der Waals surface area contributed by atoms with E-state index in [1.165, 1.54) is 12.1 Å². The molecule has 29 heavy (non-hydrogen) atoms. The number of amides is 1. The van der Waals surface area contributed by atoms with Crippen LogP contribution >= 0.6 is 0 Å². The molecule has 0 fully saturated rings. The first-order valence-corrected chi connectivity index (χ1v) is 9.53. The lowest BCUT2D eigenvalue weighted by molar-refractivity contribution is -0.122. The molecule has 1 aliphatic heterocycles. The van der Waals surface area contributed by atoms with E-state index in [9.17, 15) is 14.0 Å². The van der Waals surface area contributed by atoms with Crippen LogP contribution in [0.4, 0.5) is 4.39 Å². The van der Waals surface area contributed by atoms with Crippen molar-refractivity contribution in [2.45, 2.75) is 31.1 Å². The molecule has 0 unspecified atom stereocenters. The highest BCUT2D eigenvalue weighted by Gasteiger charge is 2.39. The smallest absolute Gasteiger partial charge is 0.225 e. The van der Waals surface area contributed by atoms with Gasteiger partial charge in [0.25, 0.3) is 0 Å². The highest BCUT2D eigenvalue weighted by atomic mass is 19.1. The predicted octanol–water partition coefficient (Wildman–Crippen LogP) is 3.85. The van der Waals surface area contributed by atoms with E-state index >= 15 is 0 Å². The number of nitrogens with one attached hydrogen (secondary N) is 1. The summed E-state index contributed by atoms with van der Waals surface area (Å²) in [5.74, 6) is 0.333. The Morgan fingerprint density at radius 2 is 1.72 bits per heavy atom. The van der Waals surface area contributed by atoms with Crippen molar-refractivity contribution in [2.24, 2.45) is 0 Å². The van der Waals surface area contributed by atoms with Gasteiger partial charge in [-0.05, 0) is 48.2 Å². The normalized spacial score (nSPS) is 21.5. The van der Waals surface area contributed by atoms with Gasteiger partial charge >= 0.3 is 0 Å². The maximum absolute atomic E-state index is 13.3. The zero-order chi connectivity index (χ0) is 20.5. The third kappa shape index (κ3) is 3.62. The predicted molar refractivity (Wildman–Crippen MR) is 105 cm³/mol. The van der Waals surface area contributed by atoms with Gasteiger partial charge in [0.2, 0.25) is 5.91 Å². The summed E-state index contributed by atoms with van der Waals surface area (Å²) in [5.41, 5.74) is 2.95. The van der Waals surface area contributed by atoms with Crippen molar-refractivity contribution in [1.82, 2.24) is 5.32 Å². The minimum atomic E-state index is -0.384. The minimum Gasteiger partial charge on any atom is -0.497 e. The molecule has 0 bridgehead atoms. The van der Waals surface area contributed by atoms with Crippen LogP contribution in [-0.2, 0) is 9.59 Å². The van der Waals surface area contributed by atoms with Gasteiger partial charge in [-0.3, -0.25) is 9.59 Å². The number of Topliss-reactive ketones (excluding diaryl/α,β-unsaturated/α-hetero) is 1. The summed E-state index contributed by atoms with van der Waals surface area (Å²) in [6, 6.07) is 11.6. The summed E-state index contributed by atoms with van der Waals surface area (Å²) < 4.78 is 24.1. The van der Waals surface area contributed by atoms with Crippen LogP contribution in [-0.4, -0.2) is 25.9 Å². The fourth-order valence-electron chi connectivity index (χ4n) is 4.31. The first kappa shape index (κ1) is 19.2. The molecule has 0 radical (unpaired) electrons. The maximum Gasteiger partial charge on any atom is 0.225 e. The monoisotopic (exact) mass is 395 g/mol. The zero-order valence-electron chi connectivity index (χ0n) is 16.3. The highest BCUT2D eigenvalue weighted by Crippen LogP contribution is 2.45. The van der Waals surface area contributed by atoms with Crippen LogP contribution in [0.15, 0.2) is 53.7 Å². The van der Waals surface area contributed by atoms with Gasteiger partial charge in [0.05, 0.1) is 14.2 Å². The summed E-state index contributed by atoms with van der Waals surface area (Å²) in [4.78, 5) is 25.6. The van der Waals surface area contributed by atoms with Crippen molar-refractivity contribution in [1.29, 1.82) is 0 Å². The molecule has 0 saturated carbocycles. The standard InChI is InChI=1S/C23H22FNO4/c1-28-16-7-8-21(29-2)17(11-16)18-12-22(27)25-19-9-14(10-20(26)23(18)19)13-3-5-15(24)6-4-13/h3-8,11,14,18H,9-10,12H2,1-2H3,(H,25,27)/t14-,18-/m0/s1. The third-order valence-corrected chi connectivity index (χ3v) is 5.69. The molecule has 2 aromatic rings. The van der Waals surface area contributed by atoms with E-state index in [-0.39, 0.29) is 35.8 Å². The van der Waals surface area contributed by atoms with Crippen molar-refractivity contribution in [3.05, 3.63) is 70.7 Å². The van der Waals surface area contributed by atoms with Crippen LogP contribution in [0.3, 0.4) is 0 Å². The van der Waals surface area contributed by atoms with Crippen LogP contribution < -0.4 is 14.8 Å². The number of methoxy groups -OCH3 is 2. The van der Waals surface area contributed by atoms with Gasteiger partial charge in [-0.25, -0.2) is 4.39 Å². The van der Waals surface area contributed by atoms with Gasteiger partial charge in [0, 0.05) is 35.6 Å². The van der Waals surface area contributed by atoms with E-state index in [4.69, 9.17) is 9.47 Å².